The minimum atomic E-state index is -3.60. The number of pyridine rings is 1. The average Bonchev–Trinajstić information content (AvgIpc) is 2.78. The highest BCUT2D eigenvalue weighted by Gasteiger charge is 2.20. The van der Waals surface area contributed by atoms with Gasteiger partial charge in [-0.25, -0.2) is 8.42 Å². The summed E-state index contributed by atoms with van der Waals surface area (Å²) in [6, 6.07) is 17.0. The fourth-order valence-electron chi connectivity index (χ4n) is 2.82. The van der Waals surface area contributed by atoms with E-state index in [0.29, 0.717) is 11.3 Å². The Labute approximate surface area is 182 Å². The molecular formula is C23H24N4O3S. The molecule has 0 saturated heterocycles. The van der Waals surface area contributed by atoms with Crippen molar-refractivity contribution in [3.63, 3.8) is 0 Å². The van der Waals surface area contributed by atoms with Crippen molar-refractivity contribution in [3.05, 3.63) is 102 Å². The molecule has 0 saturated carbocycles. The van der Waals surface area contributed by atoms with Crippen molar-refractivity contribution in [2.24, 2.45) is 0 Å². The average molecular weight is 437 g/mol. The van der Waals surface area contributed by atoms with Crippen molar-refractivity contribution in [1.82, 2.24) is 20.1 Å². The summed E-state index contributed by atoms with van der Waals surface area (Å²) in [5, 5.41) is 0. The van der Waals surface area contributed by atoms with Crippen LogP contribution in [-0.4, -0.2) is 30.7 Å². The number of amides is 1. The van der Waals surface area contributed by atoms with E-state index < -0.39 is 10.0 Å². The van der Waals surface area contributed by atoms with Crippen molar-refractivity contribution in [3.8, 4) is 0 Å². The third-order valence-electron chi connectivity index (χ3n) is 4.71. The van der Waals surface area contributed by atoms with E-state index in [1.165, 1.54) is 11.4 Å². The number of aromatic nitrogens is 1. The number of benzene rings is 2. The fraction of sp³-hybridized carbons (Fsp3) is 0.130. The topological polar surface area (TPSA) is 91.4 Å². The Morgan fingerprint density at radius 1 is 0.935 bits per heavy atom. The van der Waals surface area contributed by atoms with E-state index in [1.807, 2.05) is 6.92 Å². The normalized spacial score (nSPS) is 11.2. The lowest BCUT2D eigenvalue weighted by Crippen LogP contribution is -2.35. The molecule has 1 aromatic heterocycles. The molecule has 0 fully saturated rings. The minimum Gasteiger partial charge on any atom is -0.298 e. The van der Waals surface area contributed by atoms with Gasteiger partial charge in [0.15, 0.2) is 0 Å². The highest BCUT2D eigenvalue weighted by molar-refractivity contribution is 7.89. The van der Waals surface area contributed by atoms with E-state index >= 15 is 0 Å². The largest absolute Gasteiger partial charge is 0.298 e. The summed E-state index contributed by atoms with van der Waals surface area (Å²) < 4.78 is 26.7. The number of hydrogen-bond donors (Lipinski definition) is 2. The maximum Gasteiger partial charge on any atom is 0.269 e. The summed E-state index contributed by atoms with van der Waals surface area (Å²) in [7, 11) is -2.06. The van der Waals surface area contributed by atoms with Gasteiger partial charge >= 0.3 is 0 Å². The summed E-state index contributed by atoms with van der Waals surface area (Å²) >= 11 is 0. The Hall–Kier alpha value is -3.49. The lowest BCUT2D eigenvalue weighted by molar-refractivity contribution is 0.0942. The molecule has 7 nitrogen and oxygen atoms in total. The molecule has 1 heterocycles. The van der Waals surface area contributed by atoms with Crippen LogP contribution in [0.15, 0.2) is 84.5 Å². The second-order valence-corrected chi connectivity index (χ2v) is 9.11. The minimum absolute atomic E-state index is 0.190. The van der Waals surface area contributed by atoms with Crippen LogP contribution in [0.4, 0.5) is 0 Å². The summed E-state index contributed by atoms with van der Waals surface area (Å²) in [5.41, 5.74) is 8.91. The standard InChI is InChI=1S/C23H24N4O3S/c1-17-4-10-22(11-5-17)31(29,30)27(3)16-19-6-8-21(9-7-19)23(28)26-25-18(2)20-12-14-24-15-13-20/h4-15,25H,2,16H2,1,3H3,(H,26,28). The molecule has 0 aliphatic carbocycles. The Morgan fingerprint density at radius 3 is 2.16 bits per heavy atom. The number of carbonyl (C=O) groups excluding carboxylic acids is 1. The third kappa shape index (κ3) is 5.56. The number of nitrogens with one attached hydrogen (secondary N) is 2. The second-order valence-electron chi connectivity index (χ2n) is 7.06. The molecule has 160 valence electrons. The van der Waals surface area contributed by atoms with Crippen LogP contribution < -0.4 is 10.9 Å². The van der Waals surface area contributed by atoms with Crippen molar-refractivity contribution in [1.29, 1.82) is 0 Å². The molecule has 0 aliphatic heterocycles. The molecule has 8 heteroatoms. The zero-order valence-electron chi connectivity index (χ0n) is 17.4. The Kier molecular flexibility index (Phi) is 6.84. The monoisotopic (exact) mass is 436 g/mol. The van der Waals surface area contributed by atoms with Gasteiger partial charge in [-0.3, -0.25) is 20.6 Å². The van der Waals surface area contributed by atoms with Crippen LogP contribution in [0.2, 0.25) is 0 Å². The molecular weight excluding hydrogens is 412 g/mol. The van der Waals surface area contributed by atoms with Crippen molar-refractivity contribution in [2.45, 2.75) is 18.4 Å². The number of carbonyl (C=O) groups is 1. The molecule has 0 atom stereocenters. The zero-order chi connectivity index (χ0) is 22.4. The molecule has 31 heavy (non-hydrogen) atoms. The summed E-state index contributed by atoms with van der Waals surface area (Å²) in [4.78, 5) is 16.5. The van der Waals surface area contributed by atoms with Crippen molar-refractivity contribution >= 4 is 21.6 Å². The maximum atomic E-state index is 12.7. The fourth-order valence-corrected chi connectivity index (χ4v) is 3.98. The van der Waals surface area contributed by atoms with Crippen LogP contribution >= 0.6 is 0 Å². The quantitative estimate of drug-likeness (QED) is 0.530. The van der Waals surface area contributed by atoms with E-state index in [9.17, 15) is 13.2 Å². The van der Waals surface area contributed by atoms with E-state index in [2.05, 4.69) is 22.4 Å². The van der Waals surface area contributed by atoms with E-state index in [1.54, 1.807) is 73.1 Å². The number of sulfonamides is 1. The first-order chi connectivity index (χ1) is 14.8. The molecule has 3 rings (SSSR count). The molecule has 0 spiro atoms. The van der Waals surface area contributed by atoms with Crippen LogP contribution in [0.25, 0.3) is 5.70 Å². The first-order valence-corrected chi connectivity index (χ1v) is 11.0. The molecule has 0 bridgehead atoms. The summed E-state index contributed by atoms with van der Waals surface area (Å²) in [6.45, 7) is 5.97. The summed E-state index contributed by atoms with van der Waals surface area (Å²) in [5.74, 6) is -0.331. The Morgan fingerprint density at radius 2 is 1.55 bits per heavy atom. The SMILES string of the molecule is C=C(NNC(=O)c1ccc(CN(C)S(=O)(=O)c2ccc(C)cc2)cc1)c1ccncc1. The van der Waals surface area contributed by atoms with Crippen LogP contribution in [0.5, 0.6) is 0 Å². The number of aryl methyl sites for hydroxylation is 1. The van der Waals surface area contributed by atoms with E-state index in [0.717, 1.165) is 16.7 Å². The Bertz CT molecular complexity index is 1160. The van der Waals surface area contributed by atoms with E-state index in [4.69, 9.17) is 0 Å². The van der Waals surface area contributed by atoms with Crippen molar-refractivity contribution in [2.75, 3.05) is 7.05 Å². The molecule has 1 amide bonds. The molecule has 2 N–H and O–H groups in total. The number of hydrogen-bond acceptors (Lipinski definition) is 5. The van der Waals surface area contributed by atoms with Gasteiger partial charge < -0.3 is 0 Å². The summed E-state index contributed by atoms with van der Waals surface area (Å²) in [6.07, 6.45) is 3.28. The predicted molar refractivity (Wildman–Crippen MR) is 120 cm³/mol. The van der Waals surface area contributed by atoms with Gasteiger partial charge in [-0.05, 0) is 48.9 Å². The second kappa shape index (κ2) is 9.55. The number of hydrazine groups is 1. The zero-order valence-corrected chi connectivity index (χ0v) is 18.2. The molecule has 0 aliphatic rings. The third-order valence-corrected chi connectivity index (χ3v) is 6.52. The predicted octanol–water partition coefficient (Wildman–Crippen LogP) is 3.12. The van der Waals surface area contributed by atoms with Crippen LogP contribution in [-0.2, 0) is 16.6 Å². The lowest BCUT2D eigenvalue weighted by atomic mass is 10.1. The van der Waals surface area contributed by atoms with Crippen LogP contribution in [0.1, 0.15) is 27.0 Å². The Balaban J connectivity index is 1.59. The first kappa shape index (κ1) is 22.2. The van der Waals surface area contributed by atoms with Gasteiger partial charge in [0.25, 0.3) is 5.91 Å². The van der Waals surface area contributed by atoms with Crippen LogP contribution in [0, 0.1) is 6.92 Å². The van der Waals surface area contributed by atoms with Gasteiger partial charge in [0.2, 0.25) is 10.0 Å². The molecule has 3 aromatic rings. The molecule has 0 unspecified atom stereocenters. The van der Waals surface area contributed by atoms with Gasteiger partial charge in [0, 0.05) is 37.1 Å². The van der Waals surface area contributed by atoms with Gasteiger partial charge in [0.1, 0.15) is 0 Å². The van der Waals surface area contributed by atoms with Crippen molar-refractivity contribution < 1.29 is 13.2 Å². The van der Waals surface area contributed by atoms with E-state index in [-0.39, 0.29) is 17.3 Å². The first-order valence-electron chi connectivity index (χ1n) is 9.55. The van der Waals surface area contributed by atoms with Gasteiger partial charge in [0.05, 0.1) is 10.6 Å². The highest BCUT2D eigenvalue weighted by Crippen LogP contribution is 2.17. The number of nitrogens with zero attached hydrogens (tertiary/aromatic N) is 2. The van der Waals surface area contributed by atoms with Gasteiger partial charge in [-0.2, -0.15) is 4.31 Å². The highest BCUT2D eigenvalue weighted by atomic mass is 32.2. The maximum absolute atomic E-state index is 12.7. The molecule has 0 radical (unpaired) electrons. The van der Waals surface area contributed by atoms with Gasteiger partial charge in [-0.15, -0.1) is 0 Å². The molecule has 2 aromatic carbocycles. The smallest absolute Gasteiger partial charge is 0.269 e. The van der Waals surface area contributed by atoms with Gasteiger partial charge in [-0.1, -0.05) is 36.4 Å². The van der Waals surface area contributed by atoms with Crippen LogP contribution in [0.3, 0.4) is 0 Å². The number of rotatable bonds is 8. The lowest BCUT2D eigenvalue weighted by Gasteiger charge is -2.17.